The van der Waals surface area contributed by atoms with Gasteiger partial charge in [-0.1, -0.05) is 12.1 Å². The van der Waals surface area contributed by atoms with Gasteiger partial charge in [0, 0.05) is 29.0 Å². The Labute approximate surface area is 131 Å². The second-order valence-corrected chi connectivity index (χ2v) is 6.18. The van der Waals surface area contributed by atoms with Crippen LogP contribution in [0.4, 0.5) is 11.4 Å². The van der Waals surface area contributed by atoms with Crippen LogP contribution in [0, 0.1) is 0 Å². The summed E-state index contributed by atoms with van der Waals surface area (Å²) >= 11 is 0. The van der Waals surface area contributed by atoms with Crippen molar-refractivity contribution in [2.75, 3.05) is 18.6 Å². The monoisotopic (exact) mass is 315 g/mol. The van der Waals surface area contributed by atoms with Crippen LogP contribution in [0.3, 0.4) is 0 Å². The molecule has 0 aliphatic heterocycles. The molecule has 0 radical (unpaired) electrons. The number of hydrogen-bond acceptors (Lipinski definition) is 5. The molecule has 2 aromatic carbocycles. The molecule has 0 spiro atoms. The molecule has 0 aliphatic carbocycles. The van der Waals surface area contributed by atoms with Crippen molar-refractivity contribution in [3.63, 3.8) is 0 Å². The number of phenols is 1. The molecule has 0 bridgehead atoms. The van der Waals surface area contributed by atoms with Crippen LogP contribution in [-0.4, -0.2) is 34.1 Å². The highest BCUT2D eigenvalue weighted by Gasteiger charge is 1.93. The molecule has 6 heteroatoms. The molecular weight excluding hydrogens is 298 g/mol. The number of rotatable bonds is 6. The molecule has 0 amide bonds. The van der Waals surface area contributed by atoms with Crippen LogP contribution < -0.4 is 0 Å². The molecule has 1 atom stereocenters. The minimum Gasteiger partial charge on any atom is -0.508 e. The fourth-order valence-corrected chi connectivity index (χ4v) is 1.98. The van der Waals surface area contributed by atoms with E-state index in [1.54, 1.807) is 36.7 Å². The molecule has 5 nitrogen and oxygen atoms in total. The fraction of sp³-hybridized carbons (Fsp3) is 0.188. The molecular formula is C16H17N3O2S. The molecule has 0 unspecified atom stereocenters. The van der Waals surface area contributed by atoms with Gasteiger partial charge in [0.25, 0.3) is 0 Å². The van der Waals surface area contributed by atoms with Crippen LogP contribution in [0.5, 0.6) is 5.75 Å². The highest BCUT2D eigenvalue weighted by atomic mass is 32.2. The summed E-state index contributed by atoms with van der Waals surface area (Å²) < 4.78 is 10.9. The van der Waals surface area contributed by atoms with E-state index in [-0.39, 0.29) is 5.75 Å². The van der Waals surface area contributed by atoms with E-state index in [0.29, 0.717) is 18.0 Å². The lowest BCUT2D eigenvalue weighted by atomic mass is 10.2. The first kappa shape index (κ1) is 16.0. The van der Waals surface area contributed by atoms with Crippen molar-refractivity contribution in [3.05, 3.63) is 54.1 Å². The van der Waals surface area contributed by atoms with Gasteiger partial charge in [0.2, 0.25) is 0 Å². The normalized spacial score (nSPS) is 13.0. The Hall–Kier alpha value is -2.34. The first-order valence-corrected chi connectivity index (χ1v) is 8.47. The Balaban J connectivity index is 1.94. The first-order valence-electron chi connectivity index (χ1n) is 6.74. The van der Waals surface area contributed by atoms with E-state index in [1.807, 2.05) is 24.3 Å². The van der Waals surface area contributed by atoms with Crippen molar-refractivity contribution in [1.29, 1.82) is 0 Å². The van der Waals surface area contributed by atoms with Gasteiger partial charge in [-0.05, 0) is 42.0 Å². The SMILES string of the molecule is C[S@@](=O)CCN=Cc1ccc(N=Nc2ccc(O)cc2)cc1. The summed E-state index contributed by atoms with van der Waals surface area (Å²) in [6.07, 6.45) is 3.43. The third-order valence-corrected chi connectivity index (χ3v) is 3.53. The number of nitrogens with zero attached hydrogens (tertiary/aromatic N) is 3. The zero-order chi connectivity index (χ0) is 15.8. The molecule has 0 saturated carbocycles. The van der Waals surface area contributed by atoms with E-state index in [2.05, 4.69) is 15.2 Å². The van der Waals surface area contributed by atoms with Gasteiger partial charge in [0.05, 0.1) is 17.9 Å². The summed E-state index contributed by atoms with van der Waals surface area (Å²) in [6, 6.07) is 14.0. The Morgan fingerprint density at radius 3 is 2.09 bits per heavy atom. The zero-order valence-electron chi connectivity index (χ0n) is 12.2. The number of aliphatic imine (C=N–C) groups is 1. The minimum absolute atomic E-state index is 0.203. The lowest BCUT2D eigenvalue weighted by molar-refractivity contribution is 0.475. The summed E-state index contributed by atoms with van der Waals surface area (Å²) in [5.41, 5.74) is 2.38. The number of azo groups is 1. The second kappa shape index (κ2) is 8.19. The Bertz CT molecular complexity index is 680. The van der Waals surface area contributed by atoms with Crippen LogP contribution in [0.15, 0.2) is 63.8 Å². The van der Waals surface area contributed by atoms with Crippen molar-refractivity contribution in [2.45, 2.75) is 0 Å². The van der Waals surface area contributed by atoms with Crippen LogP contribution in [0.1, 0.15) is 5.56 Å². The third-order valence-electron chi connectivity index (χ3n) is 2.77. The van der Waals surface area contributed by atoms with Crippen LogP contribution in [0.2, 0.25) is 0 Å². The second-order valence-electron chi connectivity index (χ2n) is 4.62. The lowest BCUT2D eigenvalue weighted by Crippen LogP contribution is -1.97. The van der Waals surface area contributed by atoms with E-state index >= 15 is 0 Å². The van der Waals surface area contributed by atoms with Gasteiger partial charge in [0.1, 0.15) is 5.75 Å². The number of hydrogen-bond donors (Lipinski definition) is 1. The average molecular weight is 315 g/mol. The van der Waals surface area contributed by atoms with Crippen molar-refractivity contribution in [1.82, 2.24) is 0 Å². The number of phenolic OH excluding ortho intramolecular Hbond substituents is 1. The maximum atomic E-state index is 10.9. The average Bonchev–Trinajstić information content (AvgIpc) is 2.52. The van der Waals surface area contributed by atoms with Crippen molar-refractivity contribution in [3.8, 4) is 5.75 Å². The molecule has 2 rings (SSSR count). The Kier molecular flexibility index (Phi) is 5.97. The standard InChI is InChI=1S/C16H17N3O2S/c1-22(21)11-10-17-12-13-2-4-14(5-3-13)18-19-15-6-8-16(20)9-7-15/h2-9,12,20H,10-11H2,1H3/t22-/m1/s1. The molecule has 2 aromatic rings. The van der Waals surface area contributed by atoms with Gasteiger partial charge in [-0.15, -0.1) is 0 Å². The Morgan fingerprint density at radius 1 is 1.00 bits per heavy atom. The fourth-order valence-electron chi connectivity index (χ4n) is 1.61. The minimum atomic E-state index is -0.806. The van der Waals surface area contributed by atoms with Crippen LogP contribution in [-0.2, 0) is 10.8 Å². The first-order chi connectivity index (χ1) is 10.6. The maximum absolute atomic E-state index is 10.9. The molecule has 0 aliphatic rings. The highest BCUT2D eigenvalue weighted by Crippen LogP contribution is 2.20. The van der Waals surface area contributed by atoms with E-state index in [0.717, 1.165) is 11.3 Å². The largest absolute Gasteiger partial charge is 0.508 e. The molecule has 0 saturated heterocycles. The summed E-state index contributed by atoms with van der Waals surface area (Å²) in [6.45, 7) is 0.561. The van der Waals surface area contributed by atoms with Crippen LogP contribution in [0.25, 0.3) is 0 Å². The van der Waals surface area contributed by atoms with E-state index in [4.69, 9.17) is 0 Å². The van der Waals surface area contributed by atoms with Crippen molar-refractivity contribution in [2.24, 2.45) is 15.2 Å². The predicted octanol–water partition coefficient (Wildman–Crippen LogP) is 3.61. The topological polar surface area (TPSA) is 74.4 Å². The van der Waals surface area contributed by atoms with E-state index in [1.165, 1.54) is 0 Å². The van der Waals surface area contributed by atoms with Gasteiger partial charge in [-0.25, -0.2) is 0 Å². The van der Waals surface area contributed by atoms with Gasteiger partial charge in [-0.3, -0.25) is 9.20 Å². The zero-order valence-corrected chi connectivity index (χ0v) is 13.0. The van der Waals surface area contributed by atoms with Gasteiger partial charge >= 0.3 is 0 Å². The van der Waals surface area contributed by atoms with Crippen molar-refractivity contribution < 1.29 is 9.32 Å². The van der Waals surface area contributed by atoms with Gasteiger partial charge in [0.15, 0.2) is 0 Å². The van der Waals surface area contributed by atoms with E-state index < -0.39 is 10.8 Å². The molecule has 114 valence electrons. The maximum Gasteiger partial charge on any atom is 0.115 e. The molecule has 0 fully saturated rings. The molecule has 22 heavy (non-hydrogen) atoms. The van der Waals surface area contributed by atoms with E-state index in [9.17, 15) is 9.32 Å². The van der Waals surface area contributed by atoms with Crippen molar-refractivity contribution >= 4 is 28.4 Å². The smallest absolute Gasteiger partial charge is 0.115 e. The number of benzene rings is 2. The predicted molar refractivity (Wildman–Crippen MR) is 90.1 cm³/mol. The molecule has 0 aromatic heterocycles. The number of aromatic hydroxyl groups is 1. The van der Waals surface area contributed by atoms with Gasteiger partial charge in [-0.2, -0.15) is 10.2 Å². The van der Waals surface area contributed by atoms with Crippen LogP contribution >= 0.6 is 0 Å². The summed E-state index contributed by atoms with van der Waals surface area (Å²) in [4.78, 5) is 4.22. The summed E-state index contributed by atoms with van der Waals surface area (Å²) in [5, 5.41) is 17.4. The quantitative estimate of drug-likeness (QED) is 0.653. The Morgan fingerprint density at radius 2 is 1.55 bits per heavy atom. The lowest BCUT2D eigenvalue weighted by Gasteiger charge is -1.96. The molecule has 0 heterocycles. The third kappa shape index (κ3) is 5.57. The summed E-state index contributed by atoms with van der Waals surface area (Å²) in [7, 11) is -0.806. The summed E-state index contributed by atoms with van der Waals surface area (Å²) in [5.74, 6) is 0.782. The molecule has 1 N–H and O–H groups in total. The highest BCUT2D eigenvalue weighted by molar-refractivity contribution is 7.84. The van der Waals surface area contributed by atoms with Gasteiger partial charge < -0.3 is 5.11 Å².